The molecule has 0 spiro atoms. The summed E-state index contributed by atoms with van der Waals surface area (Å²) < 4.78 is 47.5. The van der Waals surface area contributed by atoms with Gasteiger partial charge in [-0.05, 0) is 12.3 Å². The highest BCUT2D eigenvalue weighted by Crippen LogP contribution is 2.28. The van der Waals surface area contributed by atoms with Gasteiger partial charge >= 0.3 is 0 Å². The molecule has 1 aliphatic heterocycles. The van der Waals surface area contributed by atoms with E-state index in [4.69, 9.17) is 0 Å². The highest BCUT2D eigenvalue weighted by atomic mass is 79.9. The Hall–Kier alpha value is 0.340. The lowest BCUT2D eigenvalue weighted by molar-refractivity contribution is 0.379. The number of nitrogens with zero attached hydrogens (tertiary/aromatic N) is 1. The summed E-state index contributed by atoms with van der Waals surface area (Å²) in [5.74, 6) is -0.320. The van der Waals surface area contributed by atoms with Gasteiger partial charge < -0.3 is 0 Å². The van der Waals surface area contributed by atoms with Gasteiger partial charge in [-0.25, -0.2) is 16.8 Å². The van der Waals surface area contributed by atoms with Crippen LogP contribution < -0.4 is 0 Å². The molecule has 1 heterocycles. The van der Waals surface area contributed by atoms with Crippen LogP contribution in [0.3, 0.4) is 0 Å². The van der Waals surface area contributed by atoms with Crippen molar-refractivity contribution in [2.24, 2.45) is 5.92 Å². The van der Waals surface area contributed by atoms with Crippen LogP contribution in [-0.4, -0.2) is 56.8 Å². The van der Waals surface area contributed by atoms with E-state index >= 15 is 0 Å². The Labute approximate surface area is 112 Å². The van der Waals surface area contributed by atoms with Gasteiger partial charge in [0.15, 0.2) is 0 Å². The molecule has 1 saturated heterocycles. The highest BCUT2D eigenvalue weighted by Gasteiger charge is 2.38. The van der Waals surface area contributed by atoms with Crippen LogP contribution >= 0.6 is 15.9 Å². The SMILES string of the molecule is CC1CCN(S(=O)(=O)CCS(C)(=O)=O)C1CBr. The molecule has 0 aliphatic carbocycles. The summed E-state index contributed by atoms with van der Waals surface area (Å²) in [4.78, 5) is 0. The minimum absolute atomic E-state index is 0.0560. The molecule has 1 rings (SSSR count). The quantitative estimate of drug-likeness (QED) is 0.677. The molecule has 8 heteroatoms. The van der Waals surface area contributed by atoms with E-state index in [0.29, 0.717) is 17.8 Å². The molecular formula is C9H18BrNO4S2. The molecule has 0 aromatic rings. The molecule has 1 aliphatic rings. The Morgan fingerprint density at radius 2 is 1.82 bits per heavy atom. The summed E-state index contributed by atoms with van der Waals surface area (Å²) in [5, 5.41) is 0.590. The number of hydrogen-bond donors (Lipinski definition) is 0. The smallest absolute Gasteiger partial charge is 0.215 e. The summed E-state index contributed by atoms with van der Waals surface area (Å²) in [7, 11) is -6.71. The van der Waals surface area contributed by atoms with E-state index in [1.807, 2.05) is 6.92 Å². The van der Waals surface area contributed by atoms with Crippen molar-refractivity contribution in [2.45, 2.75) is 19.4 Å². The summed E-state index contributed by atoms with van der Waals surface area (Å²) in [6.45, 7) is 2.50. The predicted molar refractivity (Wildman–Crippen MR) is 71.6 cm³/mol. The number of sulfonamides is 1. The molecule has 0 aromatic carbocycles. The maximum atomic E-state index is 12.0. The van der Waals surface area contributed by atoms with Crippen LogP contribution in [-0.2, 0) is 19.9 Å². The molecule has 0 amide bonds. The van der Waals surface area contributed by atoms with E-state index in [1.54, 1.807) is 0 Å². The molecule has 2 unspecified atom stereocenters. The molecule has 0 bridgehead atoms. The fraction of sp³-hybridized carbons (Fsp3) is 1.00. The predicted octanol–water partition coefficient (Wildman–Crippen LogP) is 0.466. The van der Waals surface area contributed by atoms with Crippen LogP contribution in [0.2, 0.25) is 0 Å². The van der Waals surface area contributed by atoms with Gasteiger partial charge in [-0.1, -0.05) is 22.9 Å². The second-order valence-electron chi connectivity index (χ2n) is 4.54. The molecule has 0 N–H and O–H groups in total. The minimum atomic E-state index is -3.46. The summed E-state index contributed by atoms with van der Waals surface area (Å²) >= 11 is 3.32. The van der Waals surface area contributed by atoms with Gasteiger partial charge in [-0.2, -0.15) is 4.31 Å². The third-order valence-electron chi connectivity index (χ3n) is 3.06. The first-order valence-corrected chi connectivity index (χ1v) is 10.2. The van der Waals surface area contributed by atoms with Gasteiger partial charge in [-0.3, -0.25) is 0 Å². The molecule has 5 nitrogen and oxygen atoms in total. The number of sulfone groups is 1. The maximum Gasteiger partial charge on any atom is 0.215 e. The van der Waals surface area contributed by atoms with E-state index in [-0.39, 0.29) is 17.5 Å². The van der Waals surface area contributed by atoms with Crippen LogP contribution in [0, 0.1) is 5.92 Å². The maximum absolute atomic E-state index is 12.0. The van der Waals surface area contributed by atoms with Crippen molar-refractivity contribution in [1.82, 2.24) is 4.31 Å². The van der Waals surface area contributed by atoms with Gasteiger partial charge in [0, 0.05) is 24.2 Å². The first kappa shape index (κ1) is 15.4. The van der Waals surface area contributed by atoms with Crippen LogP contribution in [0.1, 0.15) is 13.3 Å². The zero-order valence-corrected chi connectivity index (χ0v) is 13.2. The first-order valence-electron chi connectivity index (χ1n) is 5.40. The number of hydrogen-bond acceptors (Lipinski definition) is 4. The fourth-order valence-electron chi connectivity index (χ4n) is 1.92. The second-order valence-corrected chi connectivity index (χ2v) is 9.49. The molecule has 102 valence electrons. The largest absolute Gasteiger partial charge is 0.229 e. The summed E-state index contributed by atoms with van der Waals surface area (Å²) in [5.41, 5.74) is 0. The number of halogens is 1. The van der Waals surface area contributed by atoms with Crippen LogP contribution in [0.4, 0.5) is 0 Å². The molecule has 1 fully saturated rings. The van der Waals surface area contributed by atoms with Gasteiger partial charge in [0.05, 0.1) is 11.5 Å². The van der Waals surface area contributed by atoms with Crippen LogP contribution in [0.15, 0.2) is 0 Å². The normalized spacial score (nSPS) is 27.5. The monoisotopic (exact) mass is 347 g/mol. The average molecular weight is 348 g/mol. The number of rotatable bonds is 5. The third-order valence-corrected chi connectivity index (χ3v) is 6.81. The lowest BCUT2D eigenvalue weighted by Crippen LogP contribution is -2.41. The van der Waals surface area contributed by atoms with Gasteiger partial charge in [0.2, 0.25) is 10.0 Å². The molecule has 0 aromatic heterocycles. The van der Waals surface area contributed by atoms with Gasteiger partial charge in [-0.15, -0.1) is 0 Å². The van der Waals surface area contributed by atoms with E-state index in [2.05, 4.69) is 15.9 Å². The van der Waals surface area contributed by atoms with E-state index in [0.717, 1.165) is 12.7 Å². The van der Waals surface area contributed by atoms with Crippen molar-refractivity contribution in [1.29, 1.82) is 0 Å². The molecule has 2 atom stereocenters. The molecule has 0 saturated carbocycles. The zero-order chi connectivity index (χ0) is 13.3. The van der Waals surface area contributed by atoms with Crippen molar-refractivity contribution in [3.05, 3.63) is 0 Å². The lowest BCUT2D eigenvalue weighted by Gasteiger charge is -2.24. The van der Waals surface area contributed by atoms with E-state index in [9.17, 15) is 16.8 Å². The fourth-order valence-corrected chi connectivity index (χ4v) is 6.47. The molecular weight excluding hydrogens is 330 g/mol. The molecule has 17 heavy (non-hydrogen) atoms. The van der Waals surface area contributed by atoms with Crippen LogP contribution in [0.25, 0.3) is 0 Å². The Balaban J connectivity index is 2.77. The van der Waals surface area contributed by atoms with E-state index in [1.165, 1.54) is 4.31 Å². The Morgan fingerprint density at radius 3 is 2.29 bits per heavy atom. The van der Waals surface area contributed by atoms with Crippen molar-refractivity contribution in [3.8, 4) is 0 Å². The summed E-state index contributed by atoms with van der Waals surface area (Å²) in [6.07, 6.45) is 1.88. The van der Waals surface area contributed by atoms with Crippen molar-refractivity contribution < 1.29 is 16.8 Å². The summed E-state index contributed by atoms with van der Waals surface area (Å²) in [6, 6.07) is -0.0560. The Kier molecular flexibility index (Phi) is 5.02. The Morgan fingerprint density at radius 1 is 1.24 bits per heavy atom. The highest BCUT2D eigenvalue weighted by molar-refractivity contribution is 9.09. The van der Waals surface area contributed by atoms with Crippen LogP contribution in [0.5, 0.6) is 0 Å². The Bertz CT molecular complexity index is 459. The van der Waals surface area contributed by atoms with Crippen molar-refractivity contribution >= 4 is 35.8 Å². The third kappa shape index (κ3) is 4.18. The van der Waals surface area contributed by atoms with Gasteiger partial charge in [0.1, 0.15) is 9.84 Å². The molecule has 0 radical (unpaired) electrons. The minimum Gasteiger partial charge on any atom is -0.229 e. The zero-order valence-electron chi connectivity index (χ0n) is 9.96. The lowest BCUT2D eigenvalue weighted by atomic mass is 10.1. The first-order chi connectivity index (χ1) is 7.67. The van der Waals surface area contributed by atoms with E-state index < -0.39 is 19.9 Å². The topological polar surface area (TPSA) is 71.5 Å². The van der Waals surface area contributed by atoms with Gasteiger partial charge in [0.25, 0.3) is 0 Å². The van der Waals surface area contributed by atoms with Crippen molar-refractivity contribution in [2.75, 3.05) is 29.6 Å². The van der Waals surface area contributed by atoms with Crippen molar-refractivity contribution in [3.63, 3.8) is 0 Å². The second kappa shape index (κ2) is 5.54. The number of alkyl halides is 1. The standard InChI is InChI=1S/C9H18BrNO4S2/c1-8-3-4-11(9(8)7-10)17(14,15)6-5-16(2,12)13/h8-9H,3-7H2,1-2H3. The average Bonchev–Trinajstić information content (AvgIpc) is 2.56.